The molecule has 0 unspecified atom stereocenters. The summed E-state index contributed by atoms with van der Waals surface area (Å²) in [6, 6.07) is 14.5. The zero-order valence-corrected chi connectivity index (χ0v) is 19.3. The van der Waals surface area contributed by atoms with Gasteiger partial charge in [-0.25, -0.2) is 4.79 Å². The smallest absolute Gasteiger partial charge is 0.319 e. The summed E-state index contributed by atoms with van der Waals surface area (Å²) in [6.07, 6.45) is 2.08. The number of aliphatic hydroxyl groups excluding tert-OH is 1. The molecule has 2 amide bonds. The molecule has 3 N–H and O–H groups in total. The van der Waals surface area contributed by atoms with Crippen molar-refractivity contribution in [2.75, 3.05) is 29.9 Å². The van der Waals surface area contributed by atoms with Crippen molar-refractivity contribution in [3.05, 3.63) is 59.2 Å². The van der Waals surface area contributed by atoms with Crippen LogP contribution in [0.2, 0.25) is 0 Å². The minimum absolute atomic E-state index is 0.176. The van der Waals surface area contributed by atoms with Crippen LogP contribution in [0.3, 0.4) is 0 Å². The summed E-state index contributed by atoms with van der Waals surface area (Å²) in [5, 5.41) is 15.4. The van der Waals surface area contributed by atoms with E-state index in [-0.39, 0.29) is 6.03 Å². The molecular weight excluding hydrogens is 386 g/mol. The molecule has 0 radical (unpaired) electrons. The molecule has 2 aromatic rings. The Morgan fingerprint density at radius 3 is 2.10 bits per heavy atom. The number of carbonyl (C=O) groups is 1. The minimum atomic E-state index is -0.176. The van der Waals surface area contributed by atoms with Crippen LogP contribution in [0.15, 0.2) is 42.5 Å². The van der Waals surface area contributed by atoms with E-state index in [2.05, 4.69) is 85.7 Å². The van der Waals surface area contributed by atoms with Gasteiger partial charge in [0, 0.05) is 37.6 Å². The minimum Gasteiger partial charge on any atom is -0.396 e. The molecule has 1 saturated heterocycles. The highest BCUT2D eigenvalue weighted by Crippen LogP contribution is 2.32. The zero-order valence-electron chi connectivity index (χ0n) is 19.3. The molecule has 1 aliphatic heterocycles. The number of carbonyl (C=O) groups excluding carboxylic acids is 1. The van der Waals surface area contributed by atoms with Gasteiger partial charge in [-0.3, -0.25) is 0 Å². The summed E-state index contributed by atoms with van der Waals surface area (Å²) in [5.74, 6) is 1.11. The number of benzene rings is 2. The third-order valence-corrected chi connectivity index (χ3v) is 6.24. The van der Waals surface area contributed by atoms with Crippen molar-refractivity contribution in [1.82, 2.24) is 5.32 Å². The highest BCUT2D eigenvalue weighted by atomic mass is 16.3. The normalized spacial score (nSPS) is 14.9. The van der Waals surface area contributed by atoms with Crippen LogP contribution >= 0.6 is 0 Å². The van der Waals surface area contributed by atoms with Crippen LogP contribution in [-0.2, 0) is 6.54 Å². The summed E-state index contributed by atoms with van der Waals surface area (Å²) >= 11 is 0. The molecule has 1 heterocycles. The number of piperidine rings is 1. The molecule has 0 spiro atoms. The Bertz CT molecular complexity index is 827. The van der Waals surface area contributed by atoms with Gasteiger partial charge in [0.1, 0.15) is 0 Å². The summed E-state index contributed by atoms with van der Waals surface area (Å²) in [4.78, 5) is 15.0. The lowest BCUT2D eigenvalue weighted by Gasteiger charge is -2.33. The second kappa shape index (κ2) is 10.7. The lowest BCUT2D eigenvalue weighted by atomic mass is 9.93. The van der Waals surface area contributed by atoms with Crippen LogP contribution in [0.4, 0.5) is 16.2 Å². The summed E-state index contributed by atoms with van der Waals surface area (Å²) in [5.41, 5.74) is 5.54. The van der Waals surface area contributed by atoms with Gasteiger partial charge in [0.25, 0.3) is 0 Å². The number of amides is 2. The molecule has 0 atom stereocenters. The molecule has 3 rings (SSSR count). The van der Waals surface area contributed by atoms with E-state index in [9.17, 15) is 9.90 Å². The van der Waals surface area contributed by atoms with Crippen LogP contribution in [0, 0.1) is 5.92 Å². The molecule has 2 aromatic carbocycles. The highest BCUT2D eigenvalue weighted by molar-refractivity contribution is 5.91. The fourth-order valence-corrected chi connectivity index (χ4v) is 4.23. The largest absolute Gasteiger partial charge is 0.396 e. The number of rotatable bonds is 7. The maximum Gasteiger partial charge on any atom is 0.319 e. The zero-order chi connectivity index (χ0) is 22.4. The van der Waals surface area contributed by atoms with E-state index >= 15 is 0 Å². The number of hydrogen-bond donors (Lipinski definition) is 3. The number of anilines is 2. The van der Waals surface area contributed by atoms with Crippen molar-refractivity contribution in [3.8, 4) is 0 Å². The van der Waals surface area contributed by atoms with E-state index in [1.807, 2.05) is 0 Å². The molecule has 31 heavy (non-hydrogen) atoms. The Labute approximate surface area is 186 Å². The van der Waals surface area contributed by atoms with Crippen molar-refractivity contribution < 1.29 is 9.90 Å². The quantitative estimate of drug-likeness (QED) is 0.554. The Morgan fingerprint density at radius 2 is 1.58 bits per heavy atom. The van der Waals surface area contributed by atoms with E-state index in [1.165, 1.54) is 5.69 Å². The Morgan fingerprint density at radius 1 is 1.00 bits per heavy atom. The summed E-state index contributed by atoms with van der Waals surface area (Å²) in [7, 11) is 0. The first-order valence-corrected chi connectivity index (χ1v) is 11.5. The maximum atomic E-state index is 12.7. The van der Waals surface area contributed by atoms with Crippen LogP contribution in [-0.4, -0.2) is 30.8 Å². The number of para-hydroxylation sites is 1. The highest BCUT2D eigenvalue weighted by Gasteiger charge is 2.19. The third kappa shape index (κ3) is 6.01. The number of aliphatic hydroxyl groups is 1. The predicted octanol–water partition coefficient (Wildman–Crippen LogP) is 5.46. The Kier molecular flexibility index (Phi) is 7.97. The monoisotopic (exact) mass is 423 g/mol. The van der Waals surface area contributed by atoms with Crippen molar-refractivity contribution in [2.45, 2.75) is 58.9 Å². The third-order valence-electron chi connectivity index (χ3n) is 6.24. The summed E-state index contributed by atoms with van der Waals surface area (Å²) < 4.78 is 0. The van der Waals surface area contributed by atoms with E-state index in [0.29, 0.717) is 30.9 Å². The van der Waals surface area contributed by atoms with E-state index in [0.717, 1.165) is 48.3 Å². The van der Waals surface area contributed by atoms with Gasteiger partial charge >= 0.3 is 6.03 Å². The van der Waals surface area contributed by atoms with Gasteiger partial charge in [0.15, 0.2) is 0 Å². The van der Waals surface area contributed by atoms with Gasteiger partial charge in [-0.1, -0.05) is 58.0 Å². The SMILES string of the molecule is CC(C)c1cccc(C(C)C)c1NC(=O)NCc1ccc(N2CCC(CO)CC2)cc1. The molecule has 0 aromatic heterocycles. The maximum absolute atomic E-state index is 12.7. The fraction of sp³-hybridized carbons (Fsp3) is 0.500. The van der Waals surface area contributed by atoms with Crippen molar-refractivity contribution in [2.24, 2.45) is 5.92 Å². The number of urea groups is 1. The average Bonchev–Trinajstić information content (AvgIpc) is 2.78. The second-order valence-electron chi connectivity index (χ2n) is 9.21. The molecule has 5 nitrogen and oxygen atoms in total. The molecule has 1 aliphatic rings. The standard InChI is InChI=1S/C26H37N3O2/c1-18(2)23-6-5-7-24(19(3)4)25(23)28-26(31)27-16-20-8-10-22(11-9-20)29-14-12-21(17-30)13-15-29/h5-11,18-19,21,30H,12-17H2,1-4H3,(H2,27,28,31). The molecular formula is C26H37N3O2. The first-order chi connectivity index (χ1) is 14.9. The van der Waals surface area contributed by atoms with Gasteiger partial charge in [0.05, 0.1) is 0 Å². The predicted molar refractivity (Wildman–Crippen MR) is 129 cm³/mol. The number of hydrogen-bond acceptors (Lipinski definition) is 3. The lowest BCUT2D eigenvalue weighted by molar-refractivity contribution is 0.203. The number of nitrogens with zero attached hydrogens (tertiary/aromatic N) is 1. The van der Waals surface area contributed by atoms with Crippen LogP contribution < -0.4 is 15.5 Å². The molecule has 168 valence electrons. The molecule has 5 heteroatoms. The molecule has 1 fully saturated rings. The molecule has 0 saturated carbocycles. The molecule has 0 aliphatic carbocycles. The van der Waals surface area contributed by atoms with Gasteiger partial charge in [-0.2, -0.15) is 0 Å². The van der Waals surface area contributed by atoms with Crippen LogP contribution in [0.25, 0.3) is 0 Å². The van der Waals surface area contributed by atoms with Gasteiger partial charge in [-0.05, 0) is 59.4 Å². The van der Waals surface area contributed by atoms with E-state index in [1.54, 1.807) is 0 Å². The van der Waals surface area contributed by atoms with E-state index < -0.39 is 0 Å². The average molecular weight is 424 g/mol. The van der Waals surface area contributed by atoms with E-state index in [4.69, 9.17) is 0 Å². The number of nitrogens with one attached hydrogen (secondary N) is 2. The van der Waals surface area contributed by atoms with Crippen molar-refractivity contribution in [1.29, 1.82) is 0 Å². The van der Waals surface area contributed by atoms with Crippen molar-refractivity contribution >= 4 is 17.4 Å². The Balaban J connectivity index is 1.58. The lowest BCUT2D eigenvalue weighted by Crippen LogP contribution is -2.34. The topological polar surface area (TPSA) is 64.6 Å². The first-order valence-electron chi connectivity index (χ1n) is 11.5. The van der Waals surface area contributed by atoms with Gasteiger partial charge in [-0.15, -0.1) is 0 Å². The molecule has 0 bridgehead atoms. The fourth-order valence-electron chi connectivity index (χ4n) is 4.23. The van der Waals surface area contributed by atoms with Crippen molar-refractivity contribution in [3.63, 3.8) is 0 Å². The van der Waals surface area contributed by atoms with Crippen LogP contribution in [0.1, 0.15) is 69.1 Å². The Hall–Kier alpha value is -2.53. The summed E-state index contributed by atoms with van der Waals surface area (Å²) in [6.45, 7) is 11.3. The first kappa shape index (κ1) is 23.1. The van der Waals surface area contributed by atoms with Gasteiger partial charge in [0.2, 0.25) is 0 Å². The van der Waals surface area contributed by atoms with Crippen LogP contribution in [0.5, 0.6) is 0 Å². The van der Waals surface area contributed by atoms with Gasteiger partial charge < -0.3 is 20.6 Å². The second-order valence-corrected chi connectivity index (χ2v) is 9.21.